The molecule has 1 atom stereocenters. The van der Waals surface area contributed by atoms with Crippen LogP contribution in [0.25, 0.3) is 0 Å². The molecule has 0 aliphatic carbocycles. The molecule has 3 aromatic rings. The Kier molecular flexibility index (Phi) is 18.7. The molecule has 1 fully saturated rings. The summed E-state index contributed by atoms with van der Waals surface area (Å²) in [7, 11) is 0. The summed E-state index contributed by atoms with van der Waals surface area (Å²) < 4.78 is 0. The van der Waals surface area contributed by atoms with E-state index in [1.165, 1.54) is 80.3 Å². The van der Waals surface area contributed by atoms with Crippen LogP contribution in [0.3, 0.4) is 0 Å². The molecule has 5 N–H and O–H groups in total. The monoisotopic (exact) mass is 849 g/mol. The van der Waals surface area contributed by atoms with Gasteiger partial charge in [-0.05, 0) is 61.0 Å². The Morgan fingerprint density at radius 3 is 1.96 bits per heavy atom. The van der Waals surface area contributed by atoms with Crippen LogP contribution < -0.4 is 31.9 Å². The minimum absolute atomic E-state index is 0.0816. The van der Waals surface area contributed by atoms with Crippen LogP contribution in [-0.4, -0.2) is 41.0 Å². The Labute approximate surface area is 347 Å². The number of carbonyl (C=O) groups excluding carboxylic acids is 4. The maximum atomic E-state index is 13.9. The average Bonchev–Trinajstić information content (AvgIpc) is 3.44. The first kappa shape index (κ1) is 44.0. The lowest BCUT2D eigenvalue weighted by molar-refractivity contribution is -0.117. The van der Waals surface area contributed by atoms with Gasteiger partial charge in [0.2, 0.25) is 18.2 Å². The van der Waals surface area contributed by atoms with Crippen molar-refractivity contribution in [2.45, 2.75) is 95.6 Å². The third kappa shape index (κ3) is 14.4. The molecule has 0 radical (unpaired) electrons. The minimum atomic E-state index is -0.887. The molecular weight excluding hydrogens is 804 g/mol. The fraction of sp³-hybridized carbons (Fsp3) is 0.410. The largest absolute Gasteiger partial charge is 0.326 e. The zero-order valence-corrected chi connectivity index (χ0v) is 34.5. The number of unbranched alkanes of at least 4 members (excludes halogenated alkanes) is 10. The second kappa shape index (κ2) is 23.4. The van der Waals surface area contributed by atoms with Gasteiger partial charge in [-0.3, -0.25) is 35.5 Å². The molecule has 1 unspecified atom stereocenters. The van der Waals surface area contributed by atoms with Gasteiger partial charge in [0, 0.05) is 35.0 Å². The fourth-order valence-corrected chi connectivity index (χ4v) is 8.03. The van der Waals surface area contributed by atoms with E-state index in [1.54, 1.807) is 42.5 Å². The van der Waals surface area contributed by atoms with E-state index in [0.717, 1.165) is 19.3 Å². The number of anilines is 4. The number of rotatable bonds is 23. The van der Waals surface area contributed by atoms with Crippen molar-refractivity contribution >= 4 is 117 Å². The number of nitrogens with one attached hydrogen (secondary N) is 5. The quantitative estimate of drug-likeness (QED) is 0.0363. The SMILES string of the molecule is CCCCCCCCCCCCCC(=O)Nc1ccc(Cl)c(N=C2NN(c3c(Cl)cc(Cl)cc3Cl)C(=O)C2SCCC(=O)Nc2ccc(NNC=O)cc2)c1. The van der Waals surface area contributed by atoms with Crippen molar-refractivity contribution in [3.63, 3.8) is 0 Å². The number of nitrogens with zero attached hydrogens (tertiary/aromatic N) is 2. The summed E-state index contributed by atoms with van der Waals surface area (Å²) in [4.78, 5) is 54.7. The van der Waals surface area contributed by atoms with Gasteiger partial charge < -0.3 is 10.6 Å². The van der Waals surface area contributed by atoms with E-state index in [0.29, 0.717) is 45.6 Å². The second-order valence-corrected chi connectivity index (χ2v) is 15.9. The number of hydrazine groups is 2. The zero-order valence-electron chi connectivity index (χ0n) is 30.7. The van der Waals surface area contributed by atoms with Crippen LogP contribution in [0.15, 0.2) is 59.6 Å². The van der Waals surface area contributed by atoms with E-state index in [9.17, 15) is 19.2 Å². The van der Waals surface area contributed by atoms with Crippen molar-refractivity contribution in [2.75, 3.05) is 26.8 Å². The molecule has 4 amide bonds. The van der Waals surface area contributed by atoms with E-state index >= 15 is 0 Å². The topological polar surface area (TPSA) is 144 Å². The highest BCUT2D eigenvalue weighted by atomic mass is 35.5. The first-order chi connectivity index (χ1) is 26.6. The summed E-state index contributed by atoms with van der Waals surface area (Å²) >= 11 is 26.9. The van der Waals surface area contributed by atoms with E-state index in [2.05, 4.69) is 33.8 Å². The molecule has 0 spiro atoms. The third-order valence-electron chi connectivity index (χ3n) is 8.66. The molecular formula is C39H47Cl4N7O4S. The normalized spacial score (nSPS) is 14.5. The maximum Gasteiger partial charge on any atom is 0.266 e. The highest BCUT2D eigenvalue weighted by Crippen LogP contribution is 2.39. The van der Waals surface area contributed by atoms with Crippen molar-refractivity contribution in [1.29, 1.82) is 0 Å². The van der Waals surface area contributed by atoms with Crippen molar-refractivity contribution in [3.05, 3.63) is 74.7 Å². The molecule has 16 heteroatoms. The number of amidine groups is 1. The summed E-state index contributed by atoms with van der Waals surface area (Å²) in [6.07, 6.45) is 14.2. The lowest BCUT2D eigenvalue weighted by Gasteiger charge is -2.19. The van der Waals surface area contributed by atoms with Gasteiger partial charge in [0.15, 0.2) is 0 Å². The lowest BCUT2D eigenvalue weighted by atomic mass is 10.1. The molecule has 4 rings (SSSR count). The van der Waals surface area contributed by atoms with Crippen molar-refractivity contribution in [2.24, 2.45) is 4.99 Å². The van der Waals surface area contributed by atoms with Crippen LogP contribution >= 0.6 is 58.2 Å². The molecule has 296 valence electrons. The van der Waals surface area contributed by atoms with Gasteiger partial charge in [-0.25, -0.2) is 10.0 Å². The molecule has 11 nitrogen and oxygen atoms in total. The van der Waals surface area contributed by atoms with Crippen LogP contribution in [0.2, 0.25) is 20.1 Å². The van der Waals surface area contributed by atoms with E-state index in [1.807, 2.05) is 0 Å². The van der Waals surface area contributed by atoms with E-state index in [-0.39, 0.29) is 45.6 Å². The fourth-order valence-electron chi connectivity index (χ4n) is 5.83. The Morgan fingerprint density at radius 2 is 1.33 bits per heavy atom. The average molecular weight is 852 g/mol. The van der Waals surface area contributed by atoms with Crippen LogP contribution in [0.4, 0.5) is 28.4 Å². The van der Waals surface area contributed by atoms with Crippen molar-refractivity contribution in [3.8, 4) is 0 Å². The van der Waals surface area contributed by atoms with Crippen LogP contribution in [-0.2, 0) is 19.2 Å². The Hall–Kier alpha value is -3.68. The predicted molar refractivity (Wildman–Crippen MR) is 229 cm³/mol. The highest BCUT2D eigenvalue weighted by molar-refractivity contribution is 8.01. The smallest absolute Gasteiger partial charge is 0.266 e. The molecule has 55 heavy (non-hydrogen) atoms. The first-order valence-corrected chi connectivity index (χ1v) is 21.1. The van der Waals surface area contributed by atoms with E-state index in [4.69, 9.17) is 51.4 Å². The summed E-state index contributed by atoms with van der Waals surface area (Å²) in [6, 6.07) is 14.7. The van der Waals surface area contributed by atoms with Gasteiger partial charge in [-0.15, -0.1) is 11.8 Å². The second-order valence-electron chi connectivity index (χ2n) is 13.0. The maximum absolute atomic E-state index is 13.9. The van der Waals surface area contributed by atoms with E-state index < -0.39 is 11.2 Å². The van der Waals surface area contributed by atoms with Gasteiger partial charge in [0.25, 0.3) is 5.91 Å². The summed E-state index contributed by atoms with van der Waals surface area (Å²) in [5.74, 6) is -0.300. The summed E-state index contributed by atoms with van der Waals surface area (Å²) in [5, 5.41) is 6.97. The number of thioether (sulfide) groups is 1. The van der Waals surface area contributed by atoms with Gasteiger partial charge in [-0.2, -0.15) is 0 Å². The molecule has 1 aliphatic rings. The first-order valence-electron chi connectivity index (χ1n) is 18.5. The molecule has 1 saturated heterocycles. The van der Waals surface area contributed by atoms with Crippen LogP contribution in [0.1, 0.15) is 90.4 Å². The molecule has 3 aromatic carbocycles. The van der Waals surface area contributed by atoms with Gasteiger partial charge in [0.1, 0.15) is 16.8 Å². The van der Waals surface area contributed by atoms with Crippen LogP contribution in [0.5, 0.6) is 0 Å². The summed E-state index contributed by atoms with van der Waals surface area (Å²) in [6.45, 7) is 2.23. The third-order valence-corrected chi connectivity index (χ3v) is 11.0. The molecule has 0 bridgehead atoms. The molecule has 1 aliphatic heterocycles. The predicted octanol–water partition coefficient (Wildman–Crippen LogP) is 10.7. The van der Waals surface area contributed by atoms with Crippen molar-refractivity contribution in [1.82, 2.24) is 10.9 Å². The van der Waals surface area contributed by atoms with Gasteiger partial charge in [0.05, 0.1) is 26.4 Å². The molecule has 0 aromatic heterocycles. The molecule has 0 saturated carbocycles. The number of aliphatic imine (C=N–C) groups is 1. The minimum Gasteiger partial charge on any atom is -0.326 e. The Morgan fingerprint density at radius 1 is 0.764 bits per heavy atom. The number of carbonyl (C=O) groups is 4. The standard InChI is InChI=1S/C39H47Cl4N7O4S/c1-2-3-4-5-6-7-8-9-10-11-12-13-34(52)46-29-18-19-30(41)33(24-29)47-38-37(39(54)50(49-38)36-31(42)22-26(40)23-32(36)43)55-21-20-35(53)45-27-14-16-28(17-15-27)48-44-25-51/h14-19,22-25,37,48H,2-13,20-21H2,1H3,(H,44,51)(H,45,53)(H,46,52)(H,47,49). The number of benzene rings is 3. The summed E-state index contributed by atoms with van der Waals surface area (Å²) in [5.41, 5.74) is 10.3. The highest BCUT2D eigenvalue weighted by Gasteiger charge is 2.40. The van der Waals surface area contributed by atoms with Gasteiger partial charge >= 0.3 is 0 Å². The van der Waals surface area contributed by atoms with Crippen LogP contribution in [0, 0.1) is 0 Å². The molecule has 1 heterocycles. The Balaban J connectivity index is 1.38. The number of halogens is 4. The zero-order chi connectivity index (χ0) is 39.6. The van der Waals surface area contributed by atoms with Crippen molar-refractivity contribution < 1.29 is 19.2 Å². The van der Waals surface area contributed by atoms with Gasteiger partial charge in [-0.1, -0.05) is 118 Å². The number of amides is 4. The number of hydrogen-bond donors (Lipinski definition) is 5. The number of hydrogen-bond acceptors (Lipinski definition) is 7. The lowest BCUT2D eigenvalue weighted by Crippen LogP contribution is -2.36. The Bertz CT molecular complexity index is 1780.